The lowest BCUT2D eigenvalue weighted by Gasteiger charge is -2.18. The summed E-state index contributed by atoms with van der Waals surface area (Å²) in [6, 6.07) is -1.07. The minimum atomic E-state index is -4.60. The molecular weight excluding hydrogens is 275 g/mol. The molecule has 0 rings (SSSR count). The van der Waals surface area contributed by atoms with E-state index in [9.17, 15) is 22.8 Å². The van der Waals surface area contributed by atoms with Crippen molar-refractivity contribution in [2.24, 2.45) is 5.92 Å². The maximum absolute atomic E-state index is 11.7. The SMILES string of the molecule is CC.CC(C)C(NC(=O)OCC(F)(F)F)C(=O)Cl. The van der Waals surface area contributed by atoms with Gasteiger partial charge < -0.3 is 10.1 Å². The Morgan fingerprint density at radius 1 is 1.28 bits per heavy atom. The molecule has 0 bridgehead atoms. The highest BCUT2D eigenvalue weighted by molar-refractivity contribution is 6.64. The minimum absolute atomic E-state index is 0.344. The Balaban J connectivity index is 0. The second-order valence-corrected chi connectivity index (χ2v) is 3.73. The van der Waals surface area contributed by atoms with Crippen molar-refractivity contribution in [3.8, 4) is 0 Å². The van der Waals surface area contributed by atoms with Crippen LogP contribution < -0.4 is 5.32 Å². The standard InChI is InChI=1S/C8H11ClF3NO3.C2H6/c1-4(2)5(6(9)14)13-7(15)16-3-8(10,11)12;1-2/h4-5H,3H2,1-2H3,(H,13,15);1-2H3. The lowest BCUT2D eigenvalue weighted by Crippen LogP contribution is -2.43. The fraction of sp³-hybridized carbons (Fsp3) is 0.800. The van der Waals surface area contributed by atoms with E-state index in [0.717, 1.165) is 0 Å². The van der Waals surface area contributed by atoms with Crippen LogP contribution in [0.4, 0.5) is 18.0 Å². The molecule has 0 aromatic heterocycles. The molecular formula is C10H17ClF3NO3. The molecule has 0 aliphatic rings. The quantitative estimate of drug-likeness (QED) is 0.810. The molecule has 0 radical (unpaired) electrons. The molecule has 4 nitrogen and oxygen atoms in total. The monoisotopic (exact) mass is 291 g/mol. The molecule has 108 valence electrons. The smallest absolute Gasteiger partial charge is 0.422 e. The van der Waals surface area contributed by atoms with Crippen molar-refractivity contribution in [2.75, 3.05) is 6.61 Å². The first kappa shape index (κ1) is 19.4. The van der Waals surface area contributed by atoms with Gasteiger partial charge in [0, 0.05) is 0 Å². The molecule has 0 saturated heterocycles. The Morgan fingerprint density at radius 2 is 1.72 bits per heavy atom. The van der Waals surface area contributed by atoms with Gasteiger partial charge >= 0.3 is 12.3 Å². The number of amides is 1. The third-order valence-electron chi connectivity index (χ3n) is 1.55. The van der Waals surface area contributed by atoms with Crippen LogP contribution in [-0.2, 0) is 9.53 Å². The number of carbonyl (C=O) groups is 2. The summed E-state index contributed by atoms with van der Waals surface area (Å²) < 4.78 is 38.9. The summed E-state index contributed by atoms with van der Waals surface area (Å²) in [4.78, 5) is 21.7. The predicted molar refractivity (Wildman–Crippen MR) is 61.4 cm³/mol. The molecule has 1 amide bonds. The fourth-order valence-corrected chi connectivity index (χ4v) is 1.11. The third kappa shape index (κ3) is 10.2. The van der Waals surface area contributed by atoms with Gasteiger partial charge in [0.1, 0.15) is 6.04 Å². The lowest BCUT2D eigenvalue weighted by molar-refractivity contribution is -0.160. The van der Waals surface area contributed by atoms with E-state index in [2.05, 4.69) is 4.74 Å². The molecule has 1 unspecified atom stereocenters. The molecule has 1 atom stereocenters. The molecule has 0 spiro atoms. The van der Waals surface area contributed by atoms with Gasteiger partial charge in [-0.15, -0.1) is 0 Å². The summed E-state index contributed by atoms with van der Waals surface area (Å²) in [6.07, 6.45) is -5.93. The van der Waals surface area contributed by atoms with Gasteiger partial charge in [0.2, 0.25) is 5.24 Å². The normalized spacial score (nSPS) is 12.3. The van der Waals surface area contributed by atoms with Crippen LogP contribution in [0.3, 0.4) is 0 Å². The Hall–Kier alpha value is -0.980. The van der Waals surface area contributed by atoms with E-state index in [-0.39, 0.29) is 5.92 Å². The summed E-state index contributed by atoms with van der Waals surface area (Å²) >= 11 is 5.14. The predicted octanol–water partition coefficient (Wildman–Crippen LogP) is 3.09. The molecule has 0 aromatic carbocycles. The number of alkyl halides is 3. The van der Waals surface area contributed by atoms with Crippen LogP contribution in [0.2, 0.25) is 0 Å². The number of halogens is 4. The number of alkyl carbamates (subject to hydrolysis) is 1. The largest absolute Gasteiger partial charge is 0.440 e. The number of rotatable bonds is 4. The van der Waals surface area contributed by atoms with E-state index in [0.29, 0.717) is 0 Å². The second kappa shape index (κ2) is 9.02. The number of carbonyl (C=O) groups excluding carboxylic acids is 2. The van der Waals surface area contributed by atoms with E-state index >= 15 is 0 Å². The van der Waals surface area contributed by atoms with E-state index in [1.165, 1.54) is 0 Å². The molecule has 0 heterocycles. The van der Waals surface area contributed by atoms with E-state index in [1.54, 1.807) is 13.8 Å². The maximum atomic E-state index is 11.7. The Kier molecular flexibility index (Phi) is 9.70. The summed E-state index contributed by atoms with van der Waals surface area (Å²) in [5, 5.41) is 1.08. The first-order chi connectivity index (χ1) is 8.13. The van der Waals surface area contributed by atoms with Crippen molar-refractivity contribution in [3.05, 3.63) is 0 Å². The molecule has 18 heavy (non-hydrogen) atoms. The molecule has 0 aromatic rings. The van der Waals surface area contributed by atoms with Gasteiger partial charge in [-0.1, -0.05) is 27.7 Å². The van der Waals surface area contributed by atoms with E-state index < -0.39 is 30.2 Å². The summed E-state index contributed by atoms with van der Waals surface area (Å²) in [5.41, 5.74) is 0. The van der Waals surface area contributed by atoms with Crippen molar-refractivity contribution >= 4 is 22.9 Å². The zero-order valence-corrected chi connectivity index (χ0v) is 11.4. The Morgan fingerprint density at radius 3 is 2.00 bits per heavy atom. The van der Waals surface area contributed by atoms with Crippen molar-refractivity contribution < 1.29 is 27.5 Å². The van der Waals surface area contributed by atoms with Crippen LogP contribution in [0, 0.1) is 5.92 Å². The first-order valence-corrected chi connectivity index (χ1v) is 5.70. The van der Waals surface area contributed by atoms with Crippen LogP contribution in [0.1, 0.15) is 27.7 Å². The average Bonchev–Trinajstić information content (AvgIpc) is 2.24. The summed E-state index contributed by atoms with van der Waals surface area (Å²) in [5.74, 6) is -0.344. The first-order valence-electron chi connectivity index (χ1n) is 5.33. The topological polar surface area (TPSA) is 55.4 Å². The van der Waals surface area contributed by atoms with Gasteiger partial charge in [0.05, 0.1) is 0 Å². The fourth-order valence-electron chi connectivity index (χ4n) is 0.801. The maximum Gasteiger partial charge on any atom is 0.422 e. The highest BCUT2D eigenvalue weighted by Gasteiger charge is 2.31. The van der Waals surface area contributed by atoms with Crippen molar-refractivity contribution in [2.45, 2.75) is 39.9 Å². The van der Waals surface area contributed by atoms with Crippen LogP contribution in [0.25, 0.3) is 0 Å². The Labute approximate surface area is 109 Å². The van der Waals surface area contributed by atoms with Crippen LogP contribution in [0.5, 0.6) is 0 Å². The van der Waals surface area contributed by atoms with Crippen molar-refractivity contribution in [1.29, 1.82) is 0 Å². The van der Waals surface area contributed by atoms with Crippen LogP contribution in [0.15, 0.2) is 0 Å². The van der Waals surface area contributed by atoms with Crippen LogP contribution >= 0.6 is 11.6 Å². The van der Waals surface area contributed by atoms with Gasteiger partial charge in [0.25, 0.3) is 0 Å². The molecule has 0 aliphatic carbocycles. The minimum Gasteiger partial charge on any atom is -0.440 e. The van der Waals surface area contributed by atoms with Crippen molar-refractivity contribution in [1.82, 2.24) is 5.32 Å². The molecule has 8 heteroatoms. The molecule has 0 fully saturated rings. The van der Waals surface area contributed by atoms with Gasteiger partial charge in [-0.05, 0) is 17.5 Å². The number of hydrogen-bond donors (Lipinski definition) is 1. The number of hydrogen-bond acceptors (Lipinski definition) is 3. The molecule has 0 saturated carbocycles. The van der Waals surface area contributed by atoms with E-state index in [1.807, 2.05) is 19.2 Å². The highest BCUT2D eigenvalue weighted by Crippen LogP contribution is 2.14. The molecule has 1 N–H and O–H groups in total. The van der Waals surface area contributed by atoms with Gasteiger partial charge in [-0.2, -0.15) is 13.2 Å². The van der Waals surface area contributed by atoms with E-state index in [4.69, 9.17) is 11.6 Å². The molecule has 0 aliphatic heterocycles. The van der Waals surface area contributed by atoms with Gasteiger partial charge in [-0.25, -0.2) is 4.79 Å². The number of ether oxygens (including phenoxy) is 1. The van der Waals surface area contributed by atoms with Gasteiger partial charge in [-0.3, -0.25) is 4.79 Å². The summed E-state index contributed by atoms with van der Waals surface area (Å²) in [7, 11) is 0. The average molecular weight is 292 g/mol. The summed E-state index contributed by atoms with van der Waals surface area (Å²) in [6.45, 7) is 5.45. The van der Waals surface area contributed by atoms with Gasteiger partial charge in [0.15, 0.2) is 6.61 Å². The lowest BCUT2D eigenvalue weighted by atomic mass is 10.1. The van der Waals surface area contributed by atoms with Crippen LogP contribution in [-0.4, -0.2) is 30.2 Å². The highest BCUT2D eigenvalue weighted by atomic mass is 35.5. The van der Waals surface area contributed by atoms with Crippen molar-refractivity contribution in [3.63, 3.8) is 0 Å². The zero-order valence-electron chi connectivity index (χ0n) is 10.6. The second-order valence-electron chi connectivity index (χ2n) is 3.36. The Bertz CT molecular complexity index is 270. The number of nitrogens with one attached hydrogen (secondary N) is 1. The zero-order chi connectivity index (χ0) is 14.9. The third-order valence-corrected chi connectivity index (χ3v) is 1.79.